The zero-order chi connectivity index (χ0) is 42.5. The zero-order valence-corrected chi connectivity index (χ0v) is 33.8. The Morgan fingerprint density at radius 3 is 1.93 bits per heavy atom. The molecule has 2 fully saturated rings. The van der Waals surface area contributed by atoms with E-state index in [9.17, 15) is 50.8 Å². The van der Waals surface area contributed by atoms with Gasteiger partial charge >= 0.3 is 5.97 Å². The van der Waals surface area contributed by atoms with E-state index in [1.54, 1.807) is 31.2 Å². The molecule has 14 nitrogen and oxygen atoms in total. The second-order valence-corrected chi connectivity index (χ2v) is 15.8. The number of rotatable bonds is 2. The summed E-state index contributed by atoms with van der Waals surface area (Å²) in [4.78, 5) is 12.2. The molecule has 3 aliphatic rings. The van der Waals surface area contributed by atoms with Gasteiger partial charge in [-0.05, 0) is 51.4 Å². The van der Waals surface area contributed by atoms with Crippen molar-refractivity contribution in [3.8, 4) is 0 Å². The van der Waals surface area contributed by atoms with E-state index in [1.165, 1.54) is 0 Å². The summed E-state index contributed by atoms with van der Waals surface area (Å²) in [5.74, 6) is -2.47. The lowest BCUT2D eigenvalue weighted by Gasteiger charge is -2.43. The first-order chi connectivity index (χ1) is 27.6. The second kappa shape index (κ2) is 26.4. The summed E-state index contributed by atoms with van der Waals surface area (Å²) in [6.45, 7) is 3.65. The molecule has 0 aliphatic carbocycles. The van der Waals surface area contributed by atoms with Crippen molar-refractivity contribution in [2.75, 3.05) is 6.61 Å². The van der Waals surface area contributed by atoms with Crippen LogP contribution < -0.4 is 0 Å². The van der Waals surface area contributed by atoms with E-state index < -0.39 is 85.2 Å². The van der Waals surface area contributed by atoms with Crippen molar-refractivity contribution in [2.24, 2.45) is 5.92 Å². The maximum absolute atomic E-state index is 12.2. The van der Waals surface area contributed by atoms with Gasteiger partial charge in [0.15, 0.2) is 12.1 Å². The number of cyclic esters (lactones) is 1. The molecule has 328 valence electrons. The minimum absolute atomic E-state index is 0.00818. The van der Waals surface area contributed by atoms with Crippen LogP contribution in [0.15, 0.2) is 85.1 Å². The molecule has 2 saturated heterocycles. The number of aliphatic hydroxyl groups excluding tert-OH is 8. The molecule has 3 aliphatic heterocycles. The Morgan fingerprint density at radius 2 is 1.26 bits per heavy atom. The molecule has 2 bridgehead atoms. The van der Waals surface area contributed by atoms with E-state index in [1.807, 2.05) is 67.7 Å². The minimum Gasteiger partial charge on any atom is -0.465 e. The molecule has 0 aromatic heterocycles. The molecule has 3 rings (SSSR count). The average Bonchev–Trinajstić information content (AvgIpc) is 3.15. The smallest absolute Gasteiger partial charge is 0.308 e. The third-order valence-corrected chi connectivity index (χ3v) is 10.5. The lowest BCUT2D eigenvalue weighted by atomic mass is 9.86. The third kappa shape index (κ3) is 19.5. The fourth-order valence-corrected chi connectivity index (χ4v) is 6.94. The van der Waals surface area contributed by atoms with Crippen LogP contribution in [-0.2, 0) is 23.7 Å². The molecule has 12 unspecified atom stereocenters. The Hall–Kier alpha value is -2.83. The average molecular weight is 821 g/mol. The van der Waals surface area contributed by atoms with Crippen LogP contribution >= 0.6 is 0 Å². The minimum atomic E-state index is -1.77. The van der Waals surface area contributed by atoms with Gasteiger partial charge in [-0.2, -0.15) is 0 Å². The predicted molar refractivity (Wildman–Crippen MR) is 217 cm³/mol. The van der Waals surface area contributed by atoms with Crippen LogP contribution in [0.2, 0.25) is 0 Å². The Morgan fingerprint density at radius 1 is 0.638 bits per heavy atom. The van der Waals surface area contributed by atoms with Gasteiger partial charge in [-0.15, -0.1) is 0 Å². The standard InChI is InChI=1S/C44H68O14/c1-30-20-22-44(54)29-40(52)37(49)19-18-33(46)24-34(47)25-35(48)26-42(53)55-23-21-32(45)16-14-12-10-8-6-4-3-5-7-9-11-13-15-17-36(27-41(30)58-44)57-43-39(51)28-38(50)31(2)56-43/h3-15,17,30-41,43,45-52,54H,16,18-29H2,1-2H3/b5-3+,6-4+,9-7+,10-8+,13-11+,14-12+,17-15+/t30?,31-,32?,33?,34?,35?,36?,37?,38?,39+,40?,41?,43?,44?/m1/s1. The van der Waals surface area contributed by atoms with Crippen molar-refractivity contribution in [2.45, 2.75) is 170 Å². The third-order valence-electron chi connectivity index (χ3n) is 10.5. The van der Waals surface area contributed by atoms with Gasteiger partial charge in [0, 0.05) is 32.1 Å². The van der Waals surface area contributed by atoms with Gasteiger partial charge in [-0.3, -0.25) is 4.79 Å². The Kier molecular flexibility index (Phi) is 22.5. The molecular weight excluding hydrogens is 752 g/mol. The van der Waals surface area contributed by atoms with E-state index in [2.05, 4.69) is 0 Å². The number of carbonyl (C=O) groups excluding carboxylic acids is 1. The highest BCUT2D eigenvalue weighted by molar-refractivity contribution is 5.69. The maximum Gasteiger partial charge on any atom is 0.308 e. The summed E-state index contributed by atoms with van der Waals surface area (Å²) in [7, 11) is 0. The molecular formula is C44H68O14. The first kappa shape index (κ1) is 49.5. The number of hydrogen-bond donors (Lipinski definition) is 9. The lowest BCUT2D eigenvalue weighted by molar-refractivity contribution is -0.295. The van der Waals surface area contributed by atoms with E-state index in [0.29, 0.717) is 12.8 Å². The van der Waals surface area contributed by atoms with Crippen molar-refractivity contribution in [3.05, 3.63) is 85.1 Å². The van der Waals surface area contributed by atoms with Gasteiger partial charge in [-0.1, -0.05) is 92.0 Å². The van der Waals surface area contributed by atoms with Gasteiger partial charge in [-0.25, -0.2) is 0 Å². The molecule has 0 aromatic rings. The highest BCUT2D eigenvalue weighted by atomic mass is 16.7. The number of ether oxygens (including phenoxy) is 4. The summed E-state index contributed by atoms with van der Waals surface area (Å²) in [5.41, 5.74) is 0. The normalized spacial score (nSPS) is 43.2. The lowest BCUT2D eigenvalue weighted by Crippen LogP contribution is -2.50. The monoisotopic (exact) mass is 820 g/mol. The Labute approximate surface area is 342 Å². The molecule has 14 atom stereocenters. The molecule has 0 saturated carbocycles. The van der Waals surface area contributed by atoms with Crippen LogP contribution in [-0.4, -0.2) is 138 Å². The summed E-state index contributed by atoms with van der Waals surface area (Å²) >= 11 is 0. The van der Waals surface area contributed by atoms with E-state index >= 15 is 0 Å². The maximum atomic E-state index is 12.2. The van der Waals surface area contributed by atoms with Crippen molar-refractivity contribution in [3.63, 3.8) is 0 Å². The molecule has 0 spiro atoms. The van der Waals surface area contributed by atoms with Crippen molar-refractivity contribution in [1.29, 1.82) is 0 Å². The molecule has 0 amide bonds. The van der Waals surface area contributed by atoms with E-state index in [-0.39, 0.29) is 76.7 Å². The van der Waals surface area contributed by atoms with Gasteiger partial charge < -0.3 is 64.9 Å². The predicted octanol–water partition coefficient (Wildman–Crippen LogP) is 2.86. The van der Waals surface area contributed by atoms with E-state index in [0.717, 1.165) is 0 Å². The van der Waals surface area contributed by atoms with E-state index in [4.69, 9.17) is 18.9 Å². The molecule has 14 heteroatoms. The molecule has 0 radical (unpaired) electrons. The van der Waals surface area contributed by atoms with Crippen LogP contribution in [0.25, 0.3) is 0 Å². The SMILES string of the molecule is CC1CCC2(O)CC(O)C(O)CCC(O)CC(O)CC(O)CC(=O)OCCC(O)C/C=C/C=C/C=C/C=C/C=C/C=C/C=C/C(OC3O[C@H](C)C(O)C[C@@H]3O)CC1O2. The summed E-state index contributed by atoms with van der Waals surface area (Å²) in [6.07, 6.45) is 14.7. The summed E-state index contributed by atoms with van der Waals surface area (Å²) < 4.78 is 23.3. The van der Waals surface area contributed by atoms with Crippen LogP contribution in [0.3, 0.4) is 0 Å². The fraction of sp³-hybridized carbons (Fsp3) is 0.659. The highest BCUT2D eigenvalue weighted by Crippen LogP contribution is 2.37. The topological polar surface area (TPSA) is 236 Å². The summed E-state index contributed by atoms with van der Waals surface area (Å²) in [6, 6.07) is 0. The number of hydrogen-bond acceptors (Lipinski definition) is 14. The largest absolute Gasteiger partial charge is 0.465 e. The number of esters is 1. The van der Waals surface area contributed by atoms with Crippen LogP contribution in [0.5, 0.6) is 0 Å². The number of allylic oxidation sites excluding steroid dienone is 12. The van der Waals surface area contributed by atoms with Crippen molar-refractivity contribution in [1.82, 2.24) is 0 Å². The number of carbonyl (C=O) groups is 1. The van der Waals surface area contributed by atoms with Gasteiger partial charge in [0.2, 0.25) is 0 Å². The van der Waals surface area contributed by atoms with Gasteiger partial charge in [0.25, 0.3) is 0 Å². The molecule has 3 heterocycles. The first-order valence-corrected chi connectivity index (χ1v) is 20.6. The van der Waals surface area contributed by atoms with Gasteiger partial charge in [0.1, 0.15) is 6.10 Å². The Bertz CT molecular complexity index is 1390. The van der Waals surface area contributed by atoms with Crippen LogP contribution in [0, 0.1) is 5.92 Å². The summed E-state index contributed by atoms with van der Waals surface area (Å²) in [5, 5.41) is 95.4. The quantitative estimate of drug-likeness (QED) is 0.182. The molecule has 0 aromatic carbocycles. The zero-order valence-electron chi connectivity index (χ0n) is 33.8. The van der Waals surface area contributed by atoms with Crippen LogP contribution in [0.4, 0.5) is 0 Å². The Balaban J connectivity index is 1.72. The van der Waals surface area contributed by atoms with Crippen LogP contribution in [0.1, 0.15) is 90.9 Å². The van der Waals surface area contributed by atoms with Crippen molar-refractivity contribution < 1.29 is 69.7 Å². The number of aliphatic hydroxyl groups is 9. The van der Waals surface area contributed by atoms with Crippen molar-refractivity contribution >= 4 is 5.97 Å². The highest BCUT2D eigenvalue weighted by Gasteiger charge is 2.43. The van der Waals surface area contributed by atoms with Gasteiger partial charge in [0.05, 0.1) is 74.1 Å². The molecule has 58 heavy (non-hydrogen) atoms. The molecule has 9 N–H and O–H groups in total. The number of fused-ring (bicyclic) bond motifs is 2. The fourth-order valence-electron chi connectivity index (χ4n) is 6.94. The second-order valence-electron chi connectivity index (χ2n) is 15.8. The first-order valence-electron chi connectivity index (χ1n) is 20.6.